The summed E-state index contributed by atoms with van der Waals surface area (Å²) in [6.45, 7) is 7.87. The van der Waals surface area contributed by atoms with Crippen LogP contribution >= 0.6 is 0 Å². The first-order valence-electron chi connectivity index (χ1n) is 9.98. The van der Waals surface area contributed by atoms with E-state index in [-0.39, 0.29) is 0 Å². The van der Waals surface area contributed by atoms with Crippen molar-refractivity contribution < 1.29 is 5.11 Å². The molecule has 1 atom stereocenters. The highest BCUT2D eigenvalue weighted by Crippen LogP contribution is 2.34. The number of unbranched alkanes of at least 4 members (excludes halogenated alkanes) is 1. The molecule has 4 nitrogen and oxygen atoms in total. The van der Waals surface area contributed by atoms with E-state index in [0.717, 1.165) is 51.1 Å². The summed E-state index contributed by atoms with van der Waals surface area (Å²) in [5, 5.41) is 17.2. The topological polar surface area (TPSA) is 47.5 Å². The Morgan fingerprint density at radius 2 is 2.12 bits per heavy atom. The van der Waals surface area contributed by atoms with Crippen molar-refractivity contribution in [1.82, 2.24) is 10.2 Å². The van der Waals surface area contributed by atoms with Crippen molar-refractivity contribution >= 4 is 11.8 Å². The molecule has 1 aromatic carbocycles. The van der Waals surface area contributed by atoms with Gasteiger partial charge in [-0.3, -0.25) is 0 Å². The number of piperazine rings is 1. The van der Waals surface area contributed by atoms with Gasteiger partial charge >= 0.3 is 0 Å². The summed E-state index contributed by atoms with van der Waals surface area (Å²) in [4.78, 5) is 2.51. The van der Waals surface area contributed by atoms with E-state index in [0.29, 0.717) is 11.8 Å². The van der Waals surface area contributed by atoms with E-state index < -0.39 is 0 Å². The molecule has 1 unspecified atom stereocenters. The quantitative estimate of drug-likeness (QED) is 0.662. The standard InChI is InChI=1S/C21H33N3O/c1-2-3-7-19-9-8-18-16-20(25)15-17(21(18)23-19)6-4-5-12-24-13-10-22-11-14-24/h4,6,15-16,19,22-23,25H,2-3,5,7-14H2,1H3/b6-4+. The number of aromatic hydroxyl groups is 1. The molecule has 2 aliphatic rings. The zero-order chi connectivity index (χ0) is 17.5. The van der Waals surface area contributed by atoms with Crippen LogP contribution in [0, 0.1) is 0 Å². The van der Waals surface area contributed by atoms with Crippen LogP contribution in [0.3, 0.4) is 0 Å². The van der Waals surface area contributed by atoms with Crippen molar-refractivity contribution in [2.75, 3.05) is 38.0 Å². The van der Waals surface area contributed by atoms with Crippen LogP contribution in [0.25, 0.3) is 6.08 Å². The predicted molar refractivity (Wildman–Crippen MR) is 106 cm³/mol. The second-order valence-electron chi connectivity index (χ2n) is 7.37. The molecule has 1 aromatic rings. The lowest BCUT2D eigenvalue weighted by molar-refractivity contribution is 0.245. The number of benzene rings is 1. The number of hydrogen-bond acceptors (Lipinski definition) is 4. The molecule has 0 spiro atoms. The number of aryl methyl sites for hydroxylation is 1. The van der Waals surface area contributed by atoms with Crippen molar-refractivity contribution in [3.05, 3.63) is 29.3 Å². The number of rotatable bonds is 7. The molecule has 4 heteroatoms. The Balaban J connectivity index is 1.62. The summed E-state index contributed by atoms with van der Waals surface area (Å²) in [7, 11) is 0. The summed E-state index contributed by atoms with van der Waals surface area (Å²) in [5.74, 6) is 0.384. The van der Waals surface area contributed by atoms with E-state index in [2.05, 4.69) is 34.6 Å². The number of fused-ring (bicyclic) bond motifs is 1. The van der Waals surface area contributed by atoms with Gasteiger partial charge in [-0.15, -0.1) is 0 Å². The van der Waals surface area contributed by atoms with Crippen LogP contribution in [0.15, 0.2) is 18.2 Å². The molecule has 0 aromatic heterocycles. The van der Waals surface area contributed by atoms with Crippen LogP contribution < -0.4 is 10.6 Å². The number of phenols is 1. The molecule has 0 saturated carbocycles. The highest BCUT2D eigenvalue weighted by atomic mass is 16.3. The maximum absolute atomic E-state index is 10.1. The van der Waals surface area contributed by atoms with Crippen LogP contribution in [0.4, 0.5) is 5.69 Å². The number of anilines is 1. The lowest BCUT2D eigenvalue weighted by atomic mass is 9.92. The molecule has 0 radical (unpaired) electrons. The Kier molecular flexibility index (Phi) is 6.76. The lowest BCUT2D eigenvalue weighted by Gasteiger charge is -2.29. The molecule has 0 aliphatic carbocycles. The summed E-state index contributed by atoms with van der Waals surface area (Å²) >= 11 is 0. The first-order valence-corrected chi connectivity index (χ1v) is 9.98. The Bertz CT molecular complexity index is 579. The minimum Gasteiger partial charge on any atom is -0.508 e. The molecule has 3 N–H and O–H groups in total. The third-order valence-corrected chi connectivity index (χ3v) is 5.37. The van der Waals surface area contributed by atoms with E-state index in [9.17, 15) is 5.11 Å². The normalized spacial score (nSPS) is 21.2. The smallest absolute Gasteiger partial charge is 0.116 e. The maximum atomic E-state index is 10.1. The van der Waals surface area contributed by atoms with Gasteiger partial charge in [0.1, 0.15) is 5.75 Å². The zero-order valence-corrected chi connectivity index (χ0v) is 15.6. The minimum absolute atomic E-state index is 0.384. The van der Waals surface area contributed by atoms with Gasteiger partial charge in [0.2, 0.25) is 0 Å². The molecule has 1 saturated heterocycles. The van der Waals surface area contributed by atoms with Crippen molar-refractivity contribution in [2.24, 2.45) is 0 Å². The average Bonchev–Trinajstić information content (AvgIpc) is 2.64. The summed E-state index contributed by atoms with van der Waals surface area (Å²) < 4.78 is 0. The van der Waals surface area contributed by atoms with Crippen LogP contribution in [-0.2, 0) is 6.42 Å². The van der Waals surface area contributed by atoms with Gasteiger partial charge < -0.3 is 20.6 Å². The largest absolute Gasteiger partial charge is 0.508 e. The molecule has 2 heterocycles. The molecular formula is C21H33N3O. The van der Waals surface area contributed by atoms with Gasteiger partial charge in [0, 0.05) is 50.0 Å². The molecule has 138 valence electrons. The molecule has 0 bridgehead atoms. The van der Waals surface area contributed by atoms with Gasteiger partial charge in [-0.2, -0.15) is 0 Å². The summed E-state index contributed by atoms with van der Waals surface area (Å²) in [5.41, 5.74) is 3.63. The fourth-order valence-corrected chi connectivity index (χ4v) is 3.89. The van der Waals surface area contributed by atoms with Gasteiger partial charge in [-0.05, 0) is 43.4 Å². The molecule has 0 amide bonds. The SMILES string of the molecule is CCCCC1CCc2cc(O)cc(/C=C/CCN3CCNCC3)c2N1. The molecule has 3 rings (SSSR count). The molecular weight excluding hydrogens is 310 g/mol. The first kappa shape index (κ1) is 18.3. The van der Waals surface area contributed by atoms with Gasteiger partial charge in [-0.1, -0.05) is 31.9 Å². The van der Waals surface area contributed by atoms with E-state index >= 15 is 0 Å². The second-order valence-corrected chi connectivity index (χ2v) is 7.37. The number of nitrogens with one attached hydrogen (secondary N) is 2. The number of nitrogens with zero attached hydrogens (tertiary/aromatic N) is 1. The fraction of sp³-hybridized carbons (Fsp3) is 0.619. The fourth-order valence-electron chi connectivity index (χ4n) is 3.89. The van der Waals surface area contributed by atoms with Crippen molar-refractivity contribution in [3.63, 3.8) is 0 Å². The third kappa shape index (κ3) is 5.23. The van der Waals surface area contributed by atoms with Crippen LogP contribution in [0.1, 0.15) is 50.2 Å². The van der Waals surface area contributed by atoms with E-state index in [1.165, 1.54) is 36.9 Å². The monoisotopic (exact) mass is 343 g/mol. The van der Waals surface area contributed by atoms with Gasteiger partial charge in [-0.25, -0.2) is 0 Å². The Morgan fingerprint density at radius 1 is 1.28 bits per heavy atom. The molecule has 1 fully saturated rings. The minimum atomic E-state index is 0.384. The van der Waals surface area contributed by atoms with E-state index in [1.54, 1.807) is 0 Å². The van der Waals surface area contributed by atoms with Crippen LogP contribution in [0.5, 0.6) is 5.75 Å². The summed E-state index contributed by atoms with van der Waals surface area (Å²) in [6.07, 6.45) is 11.5. The molecule has 2 aliphatic heterocycles. The lowest BCUT2D eigenvalue weighted by Crippen LogP contribution is -2.43. The highest BCUT2D eigenvalue weighted by Gasteiger charge is 2.20. The molecule has 25 heavy (non-hydrogen) atoms. The van der Waals surface area contributed by atoms with E-state index in [4.69, 9.17) is 0 Å². The Labute approximate surface area is 152 Å². The Hall–Kier alpha value is -1.52. The highest BCUT2D eigenvalue weighted by molar-refractivity contribution is 5.73. The van der Waals surface area contributed by atoms with Crippen molar-refractivity contribution in [1.29, 1.82) is 0 Å². The second kappa shape index (κ2) is 9.25. The van der Waals surface area contributed by atoms with Crippen molar-refractivity contribution in [3.8, 4) is 5.75 Å². The van der Waals surface area contributed by atoms with Gasteiger partial charge in [0.05, 0.1) is 0 Å². The predicted octanol–water partition coefficient (Wildman–Crippen LogP) is 3.62. The summed E-state index contributed by atoms with van der Waals surface area (Å²) in [6, 6.07) is 4.40. The Morgan fingerprint density at radius 3 is 2.92 bits per heavy atom. The van der Waals surface area contributed by atoms with Crippen LogP contribution in [0.2, 0.25) is 0 Å². The zero-order valence-electron chi connectivity index (χ0n) is 15.6. The number of hydrogen-bond donors (Lipinski definition) is 3. The first-order chi connectivity index (χ1) is 12.3. The van der Waals surface area contributed by atoms with Crippen molar-refractivity contribution in [2.45, 2.75) is 51.5 Å². The van der Waals surface area contributed by atoms with Crippen LogP contribution in [-0.4, -0.2) is 48.8 Å². The maximum Gasteiger partial charge on any atom is 0.116 e. The van der Waals surface area contributed by atoms with Gasteiger partial charge in [0.15, 0.2) is 0 Å². The number of phenolic OH excluding ortho intramolecular Hbond substituents is 1. The third-order valence-electron chi connectivity index (χ3n) is 5.37. The van der Waals surface area contributed by atoms with Gasteiger partial charge in [0.25, 0.3) is 0 Å². The average molecular weight is 344 g/mol. The van der Waals surface area contributed by atoms with E-state index in [1.807, 2.05) is 12.1 Å².